The molecule has 122 valence electrons. The van der Waals surface area contributed by atoms with Crippen LogP contribution < -0.4 is 5.32 Å². The van der Waals surface area contributed by atoms with Gasteiger partial charge >= 0.3 is 0 Å². The van der Waals surface area contributed by atoms with Gasteiger partial charge in [0.25, 0.3) is 0 Å². The standard InChI is InChI=1S/C18H35N3/c1-14-11-17(9-10-20(14)3)21-13-18(19-12-15(21)2)16-7-5-4-6-8-16/h14-19H,4-13H2,1-3H3. The third kappa shape index (κ3) is 3.62. The first-order valence-corrected chi connectivity index (χ1v) is 9.34. The van der Waals surface area contributed by atoms with E-state index in [0.717, 1.165) is 24.0 Å². The predicted octanol–water partition coefficient (Wildman–Crippen LogP) is 2.71. The maximum Gasteiger partial charge on any atom is 0.0224 e. The van der Waals surface area contributed by atoms with Crippen molar-refractivity contribution in [1.82, 2.24) is 15.1 Å². The Morgan fingerprint density at radius 2 is 1.71 bits per heavy atom. The number of hydrogen-bond donors (Lipinski definition) is 1. The van der Waals surface area contributed by atoms with Gasteiger partial charge in [-0.3, -0.25) is 4.90 Å². The summed E-state index contributed by atoms with van der Waals surface area (Å²) in [5.74, 6) is 0.942. The molecule has 4 atom stereocenters. The summed E-state index contributed by atoms with van der Waals surface area (Å²) >= 11 is 0. The molecule has 3 nitrogen and oxygen atoms in total. The highest BCUT2D eigenvalue weighted by Gasteiger charge is 2.36. The van der Waals surface area contributed by atoms with Crippen molar-refractivity contribution in [3.8, 4) is 0 Å². The zero-order valence-electron chi connectivity index (χ0n) is 14.4. The Morgan fingerprint density at radius 1 is 0.952 bits per heavy atom. The van der Waals surface area contributed by atoms with Crippen molar-refractivity contribution in [3.05, 3.63) is 0 Å². The second kappa shape index (κ2) is 6.97. The van der Waals surface area contributed by atoms with E-state index < -0.39 is 0 Å². The van der Waals surface area contributed by atoms with Crippen LogP contribution in [-0.4, -0.2) is 60.6 Å². The first kappa shape index (κ1) is 15.8. The van der Waals surface area contributed by atoms with Crippen LogP contribution in [0.2, 0.25) is 0 Å². The molecule has 4 unspecified atom stereocenters. The summed E-state index contributed by atoms with van der Waals surface area (Å²) in [7, 11) is 2.28. The van der Waals surface area contributed by atoms with Crippen LogP contribution in [0.25, 0.3) is 0 Å². The Morgan fingerprint density at radius 3 is 2.43 bits per heavy atom. The van der Waals surface area contributed by atoms with Crippen LogP contribution in [0, 0.1) is 5.92 Å². The van der Waals surface area contributed by atoms with Gasteiger partial charge in [0.2, 0.25) is 0 Å². The van der Waals surface area contributed by atoms with Gasteiger partial charge in [-0.15, -0.1) is 0 Å². The molecule has 0 aromatic rings. The smallest absolute Gasteiger partial charge is 0.0224 e. The largest absolute Gasteiger partial charge is 0.311 e. The molecular formula is C18H35N3. The van der Waals surface area contributed by atoms with Crippen molar-refractivity contribution in [3.63, 3.8) is 0 Å². The Kier molecular flexibility index (Phi) is 5.23. The summed E-state index contributed by atoms with van der Waals surface area (Å²) in [6.45, 7) is 8.59. The molecular weight excluding hydrogens is 258 g/mol. The van der Waals surface area contributed by atoms with Gasteiger partial charge in [-0.1, -0.05) is 19.3 Å². The molecule has 0 amide bonds. The fraction of sp³-hybridized carbons (Fsp3) is 1.00. The van der Waals surface area contributed by atoms with E-state index in [1.807, 2.05) is 0 Å². The molecule has 1 aliphatic carbocycles. The minimum absolute atomic E-state index is 0.713. The molecule has 1 N–H and O–H groups in total. The van der Waals surface area contributed by atoms with E-state index in [-0.39, 0.29) is 0 Å². The Labute approximate surface area is 131 Å². The van der Waals surface area contributed by atoms with E-state index in [4.69, 9.17) is 0 Å². The van der Waals surface area contributed by atoms with Gasteiger partial charge in [-0.05, 0) is 59.0 Å². The topological polar surface area (TPSA) is 18.5 Å². The summed E-state index contributed by atoms with van der Waals surface area (Å²) in [5, 5.41) is 3.88. The van der Waals surface area contributed by atoms with Gasteiger partial charge < -0.3 is 10.2 Å². The molecule has 21 heavy (non-hydrogen) atoms. The quantitative estimate of drug-likeness (QED) is 0.844. The lowest BCUT2D eigenvalue weighted by Crippen LogP contribution is -2.62. The normalized spacial score (nSPS) is 41.3. The molecule has 0 aromatic carbocycles. The van der Waals surface area contributed by atoms with E-state index in [2.05, 4.69) is 36.0 Å². The van der Waals surface area contributed by atoms with Gasteiger partial charge in [0.15, 0.2) is 0 Å². The lowest BCUT2D eigenvalue weighted by Gasteiger charge is -2.49. The fourth-order valence-electron chi connectivity index (χ4n) is 4.84. The van der Waals surface area contributed by atoms with E-state index in [1.165, 1.54) is 64.6 Å². The molecule has 2 aliphatic heterocycles. The molecule has 3 rings (SSSR count). The zero-order valence-corrected chi connectivity index (χ0v) is 14.4. The van der Waals surface area contributed by atoms with Crippen molar-refractivity contribution in [2.45, 2.75) is 83.0 Å². The van der Waals surface area contributed by atoms with E-state index in [1.54, 1.807) is 0 Å². The lowest BCUT2D eigenvalue weighted by molar-refractivity contribution is 0.0238. The fourth-order valence-corrected chi connectivity index (χ4v) is 4.84. The monoisotopic (exact) mass is 293 g/mol. The SMILES string of the molecule is CC1CC(N2CC(C3CCCCC3)NCC2C)CCN1C. The molecule has 0 spiro atoms. The minimum Gasteiger partial charge on any atom is -0.311 e. The number of likely N-dealkylation sites (tertiary alicyclic amines) is 1. The molecule has 0 radical (unpaired) electrons. The Balaban J connectivity index is 1.60. The Hall–Kier alpha value is -0.120. The highest BCUT2D eigenvalue weighted by atomic mass is 15.3. The number of nitrogens with one attached hydrogen (secondary N) is 1. The molecule has 3 heteroatoms. The van der Waals surface area contributed by atoms with Gasteiger partial charge in [0, 0.05) is 37.3 Å². The second-order valence-electron chi connectivity index (χ2n) is 7.97. The van der Waals surface area contributed by atoms with E-state index in [9.17, 15) is 0 Å². The van der Waals surface area contributed by atoms with Crippen molar-refractivity contribution in [2.24, 2.45) is 5.92 Å². The van der Waals surface area contributed by atoms with E-state index in [0.29, 0.717) is 6.04 Å². The molecule has 0 aromatic heterocycles. The third-order valence-electron chi connectivity index (χ3n) is 6.52. The minimum atomic E-state index is 0.713. The summed E-state index contributed by atoms with van der Waals surface area (Å²) in [4.78, 5) is 5.39. The predicted molar refractivity (Wildman–Crippen MR) is 89.6 cm³/mol. The zero-order chi connectivity index (χ0) is 14.8. The maximum absolute atomic E-state index is 3.88. The summed E-state index contributed by atoms with van der Waals surface area (Å²) in [6.07, 6.45) is 10.0. The van der Waals surface area contributed by atoms with Gasteiger partial charge in [-0.2, -0.15) is 0 Å². The average Bonchev–Trinajstić information content (AvgIpc) is 2.51. The molecule has 3 fully saturated rings. The molecule has 2 saturated heterocycles. The summed E-state index contributed by atoms with van der Waals surface area (Å²) < 4.78 is 0. The summed E-state index contributed by atoms with van der Waals surface area (Å²) in [6, 6.07) is 3.04. The van der Waals surface area contributed by atoms with Crippen LogP contribution in [0.15, 0.2) is 0 Å². The number of nitrogens with zero attached hydrogens (tertiary/aromatic N) is 2. The molecule has 0 bridgehead atoms. The summed E-state index contributed by atoms with van der Waals surface area (Å²) in [5.41, 5.74) is 0. The highest BCUT2D eigenvalue weighted by Crippen LogP contribution is 2.30. The molecule has 2 heterocycles. The van der Waals surface area contributed by atoms with Crippen LogP contribution in [-0.2, 0) is 0 Å². The number of rotatable bonds is 2. The van der Waals surface area contributed by atoms with Gasteiger partial charge in [0.05, 0.1) is 0 Å². The number of hydrogen-bond acceptors (Lipinski definition) is 3. The first-order chi connectivity index (χ1) is 10.1. The molecule has 3 aliphatic rings. The van der Waals surface area contributed by atoms with Crippen LogP contribution in [0.1, 0.15) is 58.8 Å². The van der Waals surface area contributed by atoms with Crippen molar-refractivity contribution >= 4 is 0 Å². The van der Waals surface area contributed by atoms with Crippen LogP contribution in [0.4, 0.5) is 0 Å². The maximum atomic E-state index is 3.88. The van der Waals surface area contributed by atoms with Gasteiger partial charge in [-0.25, -0.2) is 0 Å². The van der Waals surface area contributed by atoms with Crippen molar-refractivity contribution < 1.29 is 0 Å². The van der Waals surface area contributed by atoms with Crippen molar-refractivity contribution in [1.29, 1.82) is 0 Å². The second-order valence-corrected chi connectivity index (χ2v) is 7.97. The molecule has 1 saturated carbocycles. The third-order valence-corrected chi connectivity index (χ3v) is 6.52. The Bertz CT molecular complexity index is 326. The van der Waals surface area contributed by atoms with Gasteiger partial charge in [0.1, 0.15) is 0 Å². The van der Waals surface area contributed by atoms with Crippen LogP contribution in [0.5, 0.6) is 0 Å². The lowest BCUT2D eigenvalue weighted by atomic mass is 9.82. The average molecular weight is 293 g/mol. The number of piperazine rings is 1. The van der Waals surface area contributed by atoms with Crippen LogP contribution in [0.3, 0.4) is 0 Å². The highest BCUT2D eigenvalue weighted by molar-refractivity contribution is 4.94. The number of piperidine rings is 1. The van der Waals surface area contributed by atoms with E-state index >= 15 is 0 Å². The first-order valence-electron chi connectivity index (χ1n) is 9.34. The van der Waals surface area contributed by atoms with Crippen molar-refractivity contribution in [2.75, 3.05) is 26.7 Å². The van der Waals surface area contributed by atoms with Crippen LogP contribution >= 0.6 is 0 Å².